The molecule has 0 spiro atoms. The Balaban J connectivity index is 2.93. The number of rotatable bonds is 4. The third-order valence-electron chi connectivity index (χ3n) is 2.29. The number of carbonyl (C=O) groups is 1. The van der Waals surface area contributed by atoms with Crippen molar-refractivity contribution in [3.63, 3.8) is 0 Å². The van der Waals surface area contributed by atoms with E-state index in [4.69, 9.17) is 5.11 Å². The zero-order valence-corrected chi connectivity index (χ0v) is 8.73. The Kier molecular flexibility index (Phi) is 3.86. The number of aliphatic carboxylic acids is 1. The van der Waals surface area contributed by atoms with Gasteiger partial charge in [0.1, 0.15) is 0 Å². The van der Waals surface area contributed by atoms with Gasteiger partial charge in [-0.1, -0.05) is 43.0 Å². The van der Waals surface area contributed by atoms with Crippen LogP contribution >= 0.6 is 0 Å². The van der Waals surface area contributed by atoms with E-state index in [0.717, 1.165) is 11.1 Å². The van der Waals surface area contributed by atoms with Crippen LogP contribution in [0.4, 0.5) is 0 Å². The van der Waals surface area contributed by atoms with Crippen LogP contribution in [-0.4, -0.2) is 11.1 Å². The monoisotopic (exact) mass is 202 g/mol. The Hall–Kier alpha value is -1.83. The molecule has 0 aromatic heterocycles. The van der Waals surface area contributed by atoms with E-state index < -0.39 is 5.97 Å². The summed E-state index contributed by atoms with van der Waals surface area (Å²) in [5.74, 6) is -0.888. The van der Waals surface area contributed by atoms with Gasteiger partial charge in [0.2, 0.25) is 0 Å². The Morgan fingerprint density at radius 1 is 1.40 bits per heavy atom. The number of carboxylic acid groups (broad SMARTS) is 1. The van der Waals surface area contributed by atoms with Gasteiger partial charge in [-0.25, -0.2) is 4.79 Å². The van der Waals surface area contributed by atoms with Crippen LogP contribution in [0.25, 0.3) is 0 Å². The predicted molar refractivity (Wildman–Crippen MR) is 60.7 cm³/mol. The lowest BCUT2D eigenvalue weighted by atomic mass is 10.0. The summed E-state index contributed by atoms with van der Waals surface area (Å²) in [6.45, 7) is 5.24. The maximum Gasteiger partial charge on any atom is 0.331 e. The van der Waals surface area contributed by atoms with Crippen molar-refractivity contribution in [3.8, 4) is 0 Å². The first-order valence-electron chi connectivity index (χ1n) is 4.74. The minimum Gasteiger partial charge on any atom is -0.478 e. The molecule has 0 bridgehead atoms. The molecule has 0 aliphatic heterocycles. The van der Waals surface area contributed by atoms with E-state index in [1.807, 2.05) is 30.3 Å². The van der Waals surface area contributed by atoms with Gasteiger partial charge in [0.25, 0.3) is 0 Å². The first-order chi connectivity index (χ1) is 7.15. The van der Waals surface area contributed by atoms with Gasteiger partial charge in [0.15, 0.2) is 0 Å². The number of hydrogen-bond donors (Lipinski definition) is 1. The SMILES string of the molecule is C=C/C(Cc1ccccc1)=C(\C)C(=O)O. The summed E-state index contributed by atoms with van der Waals surface area (Å²) in [7, 11) is 0. The van der Waals surface area contributed by atoms with Crippen molar-refractivity contribution in [3.05, 3.63) is 59.7 Å². The van der Waals surface area contributed by atoms with Crippen molar-refractivity contribution in [1.82, 2.24) is 0 Å². The highest BCUT2D eigenvalue weighted by Gasteiger charge is 2.06. The highest BCUT2D eigenvalue weighted by molar-refractivity contribution is 5.87. The summed E-state index contributed by atoms with van der Waals surface area (Å²) >= 11 is 0. The minimum absolute atomic E-state index is 0.355. The lowest BCUT2D eigenvalue weighted by Gasteiger charge is -2.05. The fourth-order valence-electron chi connectivity index (χ4n) is 1.31. The number of hydrogen-bond acceptors (Lipinski definition) is 1. The molecule has 1 N–H and O–H groups in total. The second-order valence-corrected chi connectivity index (χ2v) is 3.32. The predicted octanol–water partition coefficient (Wildman–Crippen LogP) is 2.82. The van der Waals surface area contributed by atoms with Gasteiger partial charge in [-0.05, 0) is 24.5 Å². The van der Waals surface area contributed by atoms with Crippen molar-refractivity contribution in [1.29, 1.82) is 0 Å². The molecule has 0 saturated heterocycles. The molecule has 0 amide bonds. The normalized spacial score (nSPS) is 11.8. The van der Waals surface area contributed by atoms with Crippen LogP contribution in [0.2, 0.25) is 0 Å². The summed E-state index contributed by atoms with van der Waals surface area (Å²) in [6.07, 6.45) is 2.22. The van der Waals surface area contributed by atoms with Crippen LogP contribution in [0.15, 0.2) is 54.1 Å². The van der Waals surface area contributed by atoms with Gasteiger partial charge in [0.05, 0.1) is 0 Å². The van der Waals surface area contributed by atoms with Gasteiger partial charge in [-0.3, -0.25) is 0 Å². The summed E-state index contributed by atoms with van der Waals surface area (Å²) in [6, 6.07) is 9.75. The van der Waals surface area contributed by atoms with Crippen LogP contribution in [0, 0.1) is 0 Å². The Morgan fingerprint density at radius 2 is 2.00 bits per heavy atom. The lowest BCUT2D eigenvalue weighted by molar-refractivity contribution is -0.132. The second kappa shape index (κ2) is 5.15. The maximum absolute atomic E-state index is 10.8. The van der Waals surface area contributed by atoms with Gasteiger partial charge in [0, 0.05) is 5.57 Å². The highest BCUT2D eigenvalue weighted by atomic mass is 16.4. The molecule has 0 heterocycles. The minimum atomic E-state index is -0.888. The first-order valence-corrected chi connectivity index (χ1v) is 4.74. The molecule has 0 aliphatic carbocycles. The van der Waals surface area contributed by atoms with Crippen molar-refractivity contribution < 1.29 is 9.90 Å². The molecular weight excluding hydrogens is 188 g/mol. The van der Waals surface area contributed by atoms with Crippen LogP contribution < -0.4 is 0 Å². The van der Waals surface area contributed by atoms with Crippen molar-refractivity contribution in [2.45, 2.75) is 13.3 Å². The lowest BCUT2D eigenvalue weighted by Crippen LogP contribution is -2.02. The molecule has 15 heavy (non-hydrogen) atoms. The van der Waals surface area contributed by atoms with E-state index in [0.29, 0.717) is 12.0 Å². The summed E-state index contributed by atoms with van der Waals surface area (Å²) in [4.78, 5) is 10.8. The van der Waals surface area contributed by atoms with E-state index in [1.54, 1.807) is 13.0 Å². The zero-order valence-electron chi connectivity index (χ0n) is 8.73. The van der Waals surface area contributed by atoms with Gasteiger partial charge < -0.3 is 5.11 Å². The third kappa shape index (κ3) is 3.09. The summed E-state index contributed by atoms with van der Waals surface area (Å²) in [5.41, 5.74) is 2.20. The van der Waals surface area contributed by atoms with E-state index in [1.165, 1.54) is 0 Å². The molecule has 0 saturated carbocycles. The molecule has 1 aromatic rings. The molecular formula is C13H14O2. The van der Waals surface area contributed by atoms with Gasteiger partial charge in [-0.15, -0.1) is 0 Å². The Labute approximate surface area is 89.6 Å². The molecule has 0 fully saturated rings. The van der Waals surface area contributed by atoms with Gasteiger partial charge >= 0.3 is 5.97 Å². The molecule has 0 radical (unpaired) electrons. The highest BCUT2D eigenvalue weighted by Crippen LogP contribution is 2.13. The quantitative estimate of drug-likeness (QED) is 0.602. The molecule has 0 unspecified atom stereocenters. The number of allylic oxidation sites excluding steroid dienone is 2. The van der Waals surface area contributed by atoms with Crippen LogP contribution in [0.1, 0.15) is 12.5 Å². The average molecular weight is 202 g/mol. The number of carboxylic acids is 1. The van der Waals surface area contributed by atoms with Crippen molar-refractivity contribution in [2.24, 2.45) is 0 Å². The molecule has 0 atom stereocenters. The molecule has 0 aliphatic rings. The third-order valence-corrected chi connectivity index (χ3v) is 2.29. The van der Waals surface area contributed by atoms with E-state index in [-0.39, 0.29) is 0 Å². The van der Waals surface area contributed by atoms with Crippen molar-refractivity contribution in [2.75, 3.05) is 0 Å². The fraction of sp³-hybridized carbons (Fsp3) is 0.154. The molecule has 2 nitrogen and oxygen atoms in total. The molecule has 1 rings (SSSR count). The zero-order chi connectivity index (χ0) is 11.3. The van der Waals surface area contributed by atoms with Crippen molar-refractivity contribution >= 4 is 5.97 Å². The smallest absolute Gasteiger partial charge is 0.331 e. The number of benzene rings is 1. The maximum atomic E-state index is 10.8. The van der Waals surface area contributed by atoms with Gasteiger partial charge in [-0.2, -0.15) is 0 Å². The second-order valence-electron chi connectivity index (χ2n) is 3.32. The summed E-state index contributed by atoms with van der Waals surface area (Å²) in [5, 5.41) is 8.86. The van der Waals surface area contributed by atoms with E-state index in [9.17, 15) is 4.79 Å². The standard InChI is InChI=1S/C13H14O2/c1-3-12(10(2)13(14)15)9-11-7-5-4-6-8-11/h3-8H,1,9H2,2H3,(H,14,15)/b12-10-. The summed E-state index contributed by atoms with van der Waals surface area (Å²) < 4.78 is 0. The Morgan fingerprint density at radius 3 is 2.47 bits per heavy atom. The van der Waals surface area contributed by atoms with Crippen LogP contribution in [0.5, 0.6) is 0 Å². The van der Waals surface area contributed by atoms with Crippen LogP contribution in [0.3, 0.4) is 0 Å². The topological polar surface area (TPSA) is 37.3 Å². The average Bonchev–Trinajstić information content (AvgIpc) is 2.26. The largest absolute Gasteiger partial charge is 0.478 e. The molecule has 1 aromatic carbocycles. The van der Waals surface area contributed by atoms with Crippen LogP contribution in [-0.2, 0) is 11.2 Å². The van der Waals surface area contributed by atoms with E-state index in [2.05, 4.69) is 6.58 Å². The van der Waals surface area contributed by atoms with E-state index >= 15 is 0 Å². The molecule has 78 valence electrons. The molecule has 2 heteroatoms. The Bertz CT molecular complexity index is 388. The first kappa shape index (κ1) is 11.2. The fourth-order valence-corrected chi connectivity index (χ4v) is 1.31.